The van der Waals surface area contributed by atoms with Crippen LogP contribution in [0.4, 0.5) is 0 Å². The Morgan fingerprint density at radius 2 is 1.76 bits per heavy atom. The Labute approximate surface area is 172 Å². The second-order valence-electron chi connectivity index (χ2n) is 8.01. The molecule has 0 radical (unpaired) electrons. The number of methoxy groups -OCH3 is 2. The second kappa shape index (κ2) is 8.36. The molecule has 0 saturated heterocycles. The van der Waals surface area contributed by atoms with Crippen molar-refractivity contribution in [2.45, 2.75) is 44.6 Å². The fraction of sp³-hybridized carbons (Fsp3) is 0.458. The lowest BCUT2D eigenvalue weighted by atomic mass is 9.83. The summed E-state index contributed by atoms with van der Waals surface area (Å²) >= 11 is 0. The monoisotopic (exact) mass is 395 g/mol. The highest BCUT2D eigenvalue weighted by Gasteiger charge is 2.37. The van der Waals surface area contributed by atoms with Crippen LogP contribution in [0.15, 0.2) is 36.4 Å². The van der Waals surface area contributed by atoms with Crippen LogP contribution in [0.25, 0.3) is 0 Å². The zero-order valence-corrected chi connectivity index (χ0v) is 17.2. The van der Waals surface area contributed by atoms with Gasteiger partial charge in [-0.1, -0.05) is 31.4 Å². The number of fused-ring (bicyclic) bond motifs is 1. The number of carbonyl (C=O) groups excluding carboxylic acids is 1. The summed E-state index contributed by atoms with van der Waals surface area (Å²) in [5.74, 6) is 2.06. The summed E-state index contributed by atoms with van der Waals surface area (Å²) in [4.78, 5) is 15.6. The minimum atomic E-state index is -0.227. The lowest BCUT2D eigenvalue weighted by Crippen LogP contribution is -2.44. The van der Waals surface area contributed by atoms with E-state index in [4.69, 9.17) is 9.47 Å². The summed E-state index contributed by atoms with van der Waals surface area (Å²) in [7, 11) is 3.31. The van der Waals surface area contributed by atoms with Gasteiger partial charge in [0.25, 0.3) is 0 Å². The first-order valence-corrected chi connectivity index (χ1v) is 10.5. The van der Waals surface area contributed by atoms with E-state index in [0.717, 1.165) is 60.3 Å². The van der Waals surface area contributed by atoms with Gasteiger partial charge in [-0.2, -0.15) is 0 Å². The largest absolute Gasteiger partial charge is 0.508 e. The predicted octanol–water partition coefficient (Wildman–Crippen LogP) is 4.46. The molecule has 1 heterocycles. The summed E-state index contributed by atoms with van der Waals surface area (Å²) in [6.07, 6.45) is 6.21. The van der Waals surface area contributed by atoms with Gasteiger partial charge in [-0.05, 0) is 48.6 Å². The number of rotatable bonds is 4. The number of carbonyl (C=O) groups is 1. The van der Waals surface area contributed by atoms with E-state index in [1.807, 2.05) is 29.2 Å². The minimum absolute atomic E-state index is 0.106. The van der Waals surface area contributed by atoms with Gasteiger partial charge in [0.05, 0.1) is 20.3 Å². The molecular formula is C24H29NO4. The van der Waals surface area contributed by atoms with Crippen LogP contribution >= 0.6 is 0 Å². The van der Waals surface area contributed by atoms with Crippen molar-refractivity contribution in [3.05, 3.63) is 53.1 Å². The Morgan fingerprint density at radius 3 is 2.41 bits per heavy atom. The number of amides is 1. The normalized spacial score (nSPS) is 19.5. The number of hydrogen-bond donors (Lipinski definition) is 1. The molecular weight excluding hydrogens is 366 g/mol. The summed E-state index contributed by atoms with van der Waals surface area (Å²) in [5.41, 5.74) is 3.15. The fourth-order valence-corrected chi connectivity index (χ4v) is 4.81. The van der Waals surface area contributed by atoms with Crippen LogP contribution in [0, 0.1) is 5.92 Å². The van der Waals surface area contributed by atoms with E-state index in [9.17, 15) is 9.90 Å². The number of phenols is 1. The predicted molar refractivity (Wildman–Crippen MR) is 111 cm³/mol. The first-order valence-electron chi connectivity index (χ1n) is 10.5. The molecule has 1 saturated carbocycles. The Balaban J connectivity index is 1.81. The smallest absolute Gasteiger partial charge is 0.226 e. The van der Waals surface area contributed by atoms with Crippen LogP contribution in [0.1, 0.15) is 54.8 Å². The van der Waals surface area contributed by atoms with Crippen LogP contribution in [0.5, 0.6) is 17.2 Å². The third-order valence-corrected chi connectivity index (χ3v) is 6.31. The first-order chi connectivity index (χ1) is 14.1. The van der Waals surface area contributed by atoms with Gasteiger partial charge in [-0.25, -0.2) is 0 Å². The van der Waals surface area contributed by atoms with E-state index in [1.165, 1.54) is 6.42 Å². The molecule has 1 aliphatic heterocycles. The standard InChI is InChI=1S/C24H29NO4/c1-28-20-14-18-12-13-25(24(27)17-6-4-3-5-7-17)23(22(18)21(15-20)29-2)16-8-10-19(26)11-9-16/h8-11,14-15,17,23,26H,3-7,12-13H2,1-2H3. The number of nitrogens with zero attached hydrogens (tertiary/aromatic N) is 1. The number of benzene rings is 2. The van der Waals surface area contributed by atoms with Crippen LogP contribution in [0.2, 0.25) is 0 Å². The Hall–Kier alpha value is -2.69. The van der Waals surface area contributed by atoms with Crippen LogP contribution in [-0.2, 0) is 11.2 Å². The van der Waals surface area contributed by atoms with Crippen molar-refractivity contribution in [3.63, 3.8) is 0 Å². The van der Waals surface area contributed by atoms with Crippen molar-refractivity contribution in [3.8, 4) is 17.2 Å². The third kappa shape index (κ3) is 3.78. The molecule has 29 heavy (non-hydrogen) atoms. The number of ether oxygens (including phenoxy) is 2. The zero-order chi connectivity index (χ0) is 20.4. The molecule has 1 fully saturated rings. The topological polar surface area (TPSA) is 59.0 Å². The van der Waals surface area contributed by atoms with E-state index < -0.39 is 0 Å². The molecule has 5 nitrogen and oxygen atoms in total. The molecule has 2 aromatic carbocycles. The van der Waals surface area contributed by atoms with Crippen molar-refractivity contribution in [2.75, 3.05) is 20.8 Å². The van der Waals surface area contributed by atoms with Crippen LogP contribution < -0.4 is 9.47 Å². The molecule has 1 aliphatic carbocycles. The van der Waals surface area contributed by atoms with Gasteiger partial charge in [-0.15, -0.1) is 0 Å². The van der Waals surface area contributed by atoms with E-state index in [0.29, 0.717) is 6.54 Å². The fourth-order valence-electron chi connectivity index (χ4n) is 4.81. The van der Waals surface area contributed by atoms with Gasteiger partial charge in [0.1, 0.15) is 17.2 Å². The molecule has 5 heteroatoms. The summed E-state index contributed by atoms with van der Waals surface area (Å²) in [6.45, 7) is 0.671. The van der Waals surface area contributed by atoms with Crippen LogP contribution in [-0.4, -0.2) is 36.7 Å². The van der Waals surface area contributed by atoms with E-state index in [-0.39, 0.29) is 23.6 Å². The van der Waals surface area contributed by atoms with Crippen molar-refractivity contribution in [1.29, 1.82) is 0 Å². The maximum absolute atomic E-state index is 13.5. The van der Waals surface area contributed by atoms with Gasteiger partial charge < -0.3 is 19.5 Å². The average molecular weight is 395 g/mol. The minimum Gasteiger partial charge on any atom is -0.508 e. The highest BCUT2D eigenvalue weighted by atomic mass is 16.5. The molecule has 4 rings (SSSR count). The first kappa shape index (κ1) is 19.6. The van der Waals surface area contributed by atoms with Gasteiger partial charge in [0.15, 0.2) is 0 Å². The van der Waals surface area contributed by atoms with Crippen molar-refractivity contribution in [2.24, 2.45) is 5.92 Å². The van der Waals surface area contributed by atoms with E-state index in [1.54, 1.807) is 26.4 Å². The molecule has 2 aliphatic rings. The average Bonchev–Trinajstić information content (AvgIpc) is 2.78. The SMILES string of the molecule is COc1cc2c(c(OC)c1)C(c1ccc(O)cc1)N(C(=O)C1CCCCC1)CC2. The quantitative estimate of drug-likeness (QED) is 0.830. The molecule has 0 bridgehead atoms. The summed E-state index contributed by atoms with van der Waals surface area (Å²) < 4.78 is 11.2. The van der Waals surface area contributed by atoms with Crippen molar-refractivity contribution >= 4 is 5.91 Å². The van der Waals surface area contributed by atoms with Crippen LogP contribution in [0.3, 0.4) is 0 Å². The van der Waals surface area contributed by atoms with Gasteiger partial charge in [0, 0.05) is 24.1 Å². The van der Waals surface area contributed by atoms with E-state index >= 15 is 0 Å². The highest BCUT2D eigenvalue weighted by Crippen LogP contribution is 2.44. The van der Waals surface area contributed by atoms with Crippen molar-refractivity contribution < 1.29 is 19.4 Å². The van der Waals surface area contributed by atoms with Gasteiger partial charge in [0.2, 0.25) is 5.91 Å². The summed E-state index contributed by atoms with van der Waals surface area (Å²) in [6, 6.07) is 10.9. The van der Waals surface area contributed by atoms with Crippen molar-refractivity contribution in [1.82, 2.24) is 4.90 Å². The molecule has 154 valence electrons. The maximum Gasteiger partial charge on any atom is 0.226 e. The molecule has 1 unspecified atom stereocenters. The Bertz CT molecular complexity index is 854. The second-order valence-corrected chi connectivity index (χ2v) is 8.01. The zero-order valence-electron chi connectivity index (χ0n) is 17.2. The third-order valence-electron chi connectivity index (χ3n) is 6.31. The molecule has 1 amide bonds. The van der Waals surface area contributed by atoms with E-state index in [2.05, 4.69) is 0 Å². The number of phenolic OH excluding ortho intramolecular Hbond substituents is 1. The lowest BCUT2D eigenvalue weighted by molar-refractivity contribution is -0.138. The lowest BCUT2D eigenvalue weighted by Gasteiger charge is -2.41. The molecule has 0 aromatic heterocycles. The molecule has 1 atom stereocenters. The molecule has 0 spiro atoms. The Morgan fingerprint density at radius 1 is 1.03 bits per heavy atom. The maximum atomic E-state index is 13.5. The Kier molecular flexibility index (Phi) is 5.65. The van der Waals surface area contributed by atoms with Gasteiger partial charge >= 0.3 is 0 Å². The molecule has 1 N–H and O–H groups in total. The molecule has 2 aromatic rings. The number of aromatic hydroxyl groups is 1. The summed E-state index contributed by atoms with van der Waals surface area (Å²) in [5, 5.41) is 9.78. The highest BCUT2D eigenvalue weighted by molar-refractivity contribution is 5.80. The van der Waals surface area contributed by atoms with Gasteiger partial charge in [-0.3, -0.25) is 4.79 Å². The number of hydrogen-bond acceptors (Lipinski definition) is 4.